The summed E-state index contributed by atoms with van der Waals surface area (Å²) in [7, 11) is 0. The molecule has 2 N–H and O–H groups in total. The van der Waals surface area contributed by atoms with Gasteiger partial charge in [-0.15, -0.1) is 0 Å². The third-order valence-corrected chi connectivity index (χ3v) is 5.22. The van der Waals surface area contributed by atoms with E-state index in [0.717, 1.165) is 58.8 Å². The number of primary amides is 1. The van der Waals surface area contributed by atoms with Gasteiger partial charge in [0.2, 0.25) is 0 Å². The Hall–Kier alpha value is -1.18. The summed E-state index contributed by atoms with van der Waals surface area (Å²) in [5.74, 6) is -0.785. The molecule has 0 saturated carbocycles. The van der Waals surface area contributed by atoms with E-state index in [2.05, 4.69) is 25.7 Å². The number of halogens is 2. The van der Waals surface area contributed by atoms with Crippen LogP contribution in [0.4, 0.5) is 10.1 Å². The number of hydrogen-bond acceptors (Lipinski definition) is 4. The van der Waals surface area contributed by atoms with Crippen molar-refractivity contribution >= 4 is 27.5 Å². The highest BCUT2D eigenvalue weighted by molar-refractivity contribution is 9.10. The Balaban J connectivity index is 1.75. The van der Waals surface area contributed by atoms with Crippen LogP contribution in [-0.2, 0) is 4.74 Å². The third-order valence-electron chi connectivity index (χ3n) is 4.76. The lowest BCUT2D eigenvalue weighted by Crippen LogP contribution is -2.45. The standard InChI is InChI=1S/C17H23BrFN3O2/c18-13-8-14(19)16(17(20)23)15(9-13)22-3-1-2-12(11-22)10-21-4-6-24-7-5-21/h8-9,12H,1-7,10-11H2,(H2,20,23). The van der Waals surface area contributed by atoms with Crippen molar-refractivity contribution in [3.8, 4) is 0 Å². The van der Waals surface area contributed by atoms with Gasteiger partial charge in [-0.2, -0.15) is 0 Å². The number of ether oxygens (including phenoxy) is 1. The van der Waals surface area contributed by atoms with Crippen molar-refractivity contribution in [1.82, 2.24) is 4.90 Å². The number of hydrogen-bond donors (Lipinski definition) is 1. The molecule has 2 aliphatic rings. The average Bonchev–Trinajstić information content (AvgIpc) is 2.55. The zero-order valence-electron chi connectivity index (χ0n) is 13.6. The smallest absolute Gasteiger partial charge is 0.253 e. The monoisotopic (exact) mass is 399 g/mol. The van der Waals surface area contributed by atoms with Gasteiger partial charge in [-0.1, -0.05) is 15.9 Å². The topological polar surface area (TPSA) is 58.8 Å². The number of amides is 1. The van der Waals surface area contributed by atoms with Crippen LogP contribution in [0.15, 0.2) is 16.6 Å². The van der Waals surface area contributed by atoms with Crippen molar-refractivity contribution in [2.45, 2.75) is 12.8 Å². The normalized spacial score (nSPS) is 22.6. The Morgan fingerprint density at radius 3 is 2.79 bits per heavy atom. The van der Waals surface area contributed by atoms with Gasteiger partial charge in [-0.05, 0) is 30.9 Å². The lowest BCUT2D eigenvalue weighted by atomic mass is 9.96. The average molecular weight is 400 g/mol. The van der Waals surface area contributed by atoms with Crippen molar-refractivity contribution in [2.24, 2.45) is 11.7 Å². The first-order valence-corrected chi connectivity index (χ1v) is 9.18. The summed E-state index contributed by atoms with van der Waals surface area (Å²) in [6.45, 7) is 6.16. The lowest BCUT2D eigenvalue weighted by molar-refractivity contribution is 0.0296. The van der Waals surface area contributed by atoms with E-state index in [1.54, 1.807) is 6.07 Å². The molecular formula is C17H23BrFN3O2. The van der Waals surface area contributed by atoms with Crippen LogP contribution >= 0.6 is 15.9 Å². The minimum absolute atomic E-state index is 0.00905. The first-order valence-electron chi connectivity index (χ1n) is 8.38. The molecule has 1 unspecified atom stereocenters. The Kier molecular flexibility index (Phi) is 5.73. The SMILES string of the molecule is NC(=O)c1c(F)cc(Br)cc1N1CCCC(CN2CCOCC2)C1. The summed E-state index contributed by atoms with van der Waals surface area (Å²) in [6, 6.07) is 3.08. The van der Waals surface area contributed by atoms with Crippen LogP contribution in [0.3, 0.4) is 0 Å². The van der Waals surface area contributed by atoms with Gasteiger partial charge in [0.15, 0.2) is 0 Å². The van der Waals surface area contributed by atoms with E-state index in [1.165, 1.54) is 6.07 Å². The Morgan fingerprint density at radius 1 is 1.33 bits per heavy atom. The van der Waals surface area contributed by atoms with Crippen LogP contribution in [0.1, 0.15) is 23.2 Å². The molecule has 0 spiro atoms. The van der Waals surface area contributed by atoms with Gasteiger partial charge in [-0.25, -0.2) is 4.39 Å². The molecule has 3 rings (SSSR count). The fraction of sp³-hybridized carbons (Fsp3) is 0.588. The number of carbonyl (C=O) groups is 1. The highest BCUT2D eigenvalue weighted by Crippen LogP contribution is 2.31. The molecule has 0 bridgehead atoms. The van der Waals surface area contributed by atoms with Crippen molar-refractivity contribution < 1.29 is 13.9 Å². The molecule has 0 aromatic heterocycles. The van der Waals surface area contributed by atoms with Gasteiger partial charge in [0, 0.05) is 37.2 Å². The molecule has 2 aliphatic heterocycles. The number of nitrogens with zero attached hydrogens (tertiary/aromatic N) is 2. The number of piperidine rings is 1. The number of benzene rings is 1. The van der Waals surface area contributed by atoms with E-state index in [-0.39, 0.29) is 5.56 Å². The third kappa shape index (κ3) is 4.07. The zero-order chi connectivity index (χ0) is 17.1. The summed E-state index contributed by atoms with van der Waals surface area (Å²) in [5.41, 5.74) is 6.00. The number of rotatable bonds is 4. The van der Waals surface area contributed by atoms with Crippen molar-refractivity contribution in [1.29, 1.82) is 0 Å². The maximum atomic E-state index is 14.2. The quantitative estimate of drug-likeness (QED) is 0.843. The molecule has 2 heterocycles. The molecule has 24 heavy (non-hydrogen) atoms. The number of nitrogens with two attached hydrogens (primary N) is 1. The second-order valence-corrected chi connectivity index (χ2v) is 7.43. The molecule has 132 valence electrons. The molecule has 5 nitrogen and oxygen atoms in total. The van der Waals surface area contributed by atoms with Crippen LogP contribution in [-0.4, -0.2) is 56.7 Å². The molecular weight excluding hydrogens is 377 g/mol. The largest absolute Gasteiger partial charge is 0.379 e. The fourth-order valence-electron chi connectivity index (χ4n) is 3.64. The van der Waals surface area contributed by atoms with E-state index < -0.39 is 11.7 Å². The summed E-state index contributed by atoms with van der Waals surface area (Å²) >= 11 is 3.32. The molecule has 7 heteroatoms. The van der Waals surface area contributed by atoms with Crippen molar-refractivity contribution in [3.63, 3.8) is 0 Å². The summed E-state index contributed by atoms with van der Waals surface area (Å²) in [6.07, 6.45) is 2.18. The summed E-state index contributed by atoms with van der Waals surface area (Å²) in [5, 5.41) is 0. The Morgan fingerprint density at radius 2 is 2.08 bits per heavy atom. The molecule has 2 fully saturated rings. The van der Waals surface area contributed by atoms with Crippen molar-refractivity contribution in [3.05, 3.63) is 28.0 Å². The van der Waals surface area contributed by atoms with E-state index in [9.17, 15) is 9.18 Å². The number of anilines is 1. The Labute approximate surface area is 150 Å². The maximum absolute atomic E-state index is 14.2. The van der Waals surface area contributed by atoms with E-state index in [4.69, 9.17) is 10.5 Å². The Bertz CT molecular complexity index is 608. The highest BCUT2D eigenvalue weighted by Gasteiger charge is 2.27. The zero-order valence-corrected chi connectivity index (χ0v) is 15.2. The van der Waals surface area contributed by atoms with Crippen LogP contribution in [0.5, 0.6) is 0 Å². The minimum Gasteiger partial charge on any atom is -0.379 e. The molecule has 1 amide bonds. The highest BCUT2D eigenvalue weighted by atomic mass is 79.9. The predicted molar refractivity (Wildman–Crippen MR) is 94.8 cm³/mol. The van der Waals surface area contributed by atoms with Crippen LogP contribution < -0.4 is 10.6 Å². The second kappa shape index (κ2) is 7.80. The second-order valence-electron chi connectivity index (χ2n) is 6.51. The van der Waals surface area contributed by atoms with Crippen LogP contribution in [0.2, 0.25) is 0 Å². The predicted octanol–water partition coefficient (Wildman–Crippen LogP) is 2.24. The number of morpholine rings is 1. The van der Waals surface area contributed by atoms with Crippen LogP contribution in [0.25, 0.3) is 0 Å². The van der Waals surface area contributed by atoms with Gasteiger partial charge in [-0.3, -0.25) is 9.69 Å². The van der Waals surface area contributed by atoms with Gasteiger partial charge in [0.05, 0.1) is 24.5 Å². The van der Waals surface area contributed by atoms with E-state index in [0.29, 0.717) is 16.1 Å². The molecule has 1 aromatic rings. The van der Waals surface area contributed by atoms with Gasteiger partial charge in [0.25, 0.3) is 5.91 Å². The molecule has 0 aliphatic carbocycles. The van der Waals surface area contributed by atoms with Gasteiger partial charge >= 0.3 is 0 Å². The maximum Gasteiger partial charge on any atom is 0.253 e. The first-order chi connectivity index (χ1) is 11.5. The van der Waals surface area contributed by atoms with E-state index in [1.807, 2.05) is 0 Å². The lowest BCUT2D eigenvalue weighted by Gasteiger charge is -2.38. The molecule has 1 atom stereocenters. The molecule has 0 radical (unpaired) electrons. The fourth-order valence-corrected chi connectivity index (χ4v) is 4.05. The van der Waals surface area contributed by atoms with Gasteiger partial charge < -0.3 is 15.4 Å². The van der Waals surface area contributed by atoms with Gasteiger partial charge in [0.1, 0.15) is 5.82 Å². The van der Waals surface area contributed by atoms with Crippen molar-refractivity contribution in [2.75, 3.05) is 50.8 Å². The van der Waals surface area contributed by atoms with Crippen LogP contribution in [0, 0.1) is 11.7 Å². The first kappa shape index (κ1) is 17.6. The molecule has 1 aromatic carbocycles. The number of carbonyl (C=O) groups excluding carboxylic acids is 1. The minimum atomic E-state index is -0.717. The summed E-state index contributed by atoms with van der Waals surface area (Å²) in [4.78, 5) is 16.2. The van der Waals surface area contributed by atoms with E-state index >= 15 is 0 Å². The summed E-state index contributed by atoms with van der Waals surface area (Å²) < 4.78 is 20.2. The molecule has 2 saturated heterocycles.